The van der Waals surface area contributed by atoms with Crippen LogP contribution >= 0.6 is 11.3 Å². The fourth-order valence-corrected chi connectivity index (χ4v) is 4.61. The number of thiophene rings is 1. The lowest BCUT2D eigenvalue weighted by Crippen LogP contribution is -2.48. The predicted molar refractivity (Wildman–Crippen MR) is 132 cm³/mol. The van der Waals surface area contributed by atoms with Gasteiger partial charge in [-0.2, -0.15) is 0 Å². The summed E-state index contributed by atoms with van der Waals surface area (Å²) < 4.78 is 20.6. The van der Waals surface area contributed by atoms with Crippen molar-refractivity contribution in [2.75, 3.05) is 24.6 Å². The molecular weight excluding hydrogens is 469 g/mol. The number of amides is 3. The lowest BCUT2D eigenvalue weighted by Gasteiger charge is -2.32. The highest BCUT2D eigenvalue weighted by Gasteiger charge is 2.34. The number of hydrogen-bond acceptors (Lipinski definition) is 5. The number of benzene rings is 2. The maximum atomic E-state index is 15.0. The molecule has 1 saturated heterocycles. The highest BCUT2D eigenvalue weighted by atomic mass is 32.1. The minimum absolute atomic E-state index is 0.0519. The Balaban J connectivity index is 1.64. The Labute approximate surface area is 206 Å². The van der Waals surface area contributed by atoms with Crippen molar-refractivity contribution >= 4 is 34.7 Å². The van der Waals surface area contributed by atoms with E-state index in [4.69, 9.17) is 4.74 Å². The number of hydrogen-bond donors (Lipinski definition) is 2. The average Bonchev–Trinajstić information content (AvgIpc) is 3.60. The molecular formula is C26H26FN3O4S. The summed E-state index contributed by atoms with van der Waals surface area (Å²) in [5, 5.41) is 7.21. The smallest absolute Gasteiger partial charge is 0.261 e. The van der Waals surface area contributed by atoms with Gasteiger partial charge in [-0.25, -0.2) is 4.39 Å². The molecule has 182 valence electrons. The van der Waals surface area contributed by atoms with Gasteiger partial charge in [0.05, 0.1) is 23.2 Å². The third kappa shape index (κ3) is 6.12. The van der Waals surface area contributed by atoms with E-state index in [1.165, 1.54) is 29.5 Å². The van der Waals surface area contributed by atoms with Crippen LogP contribution in [0.3, 0.4) is 0 Å². The predicted octanol–water partition coefficient (Wildman–Crippen LogP) is 3.69. The molecule has 1 aromatic heterocycles. The molecule has 0 saturated carbocycles. The molecule has 0 aliphatic carbocycles. The van der Waals surface area contributed by atoms with Gasteiger partial charge in [0.1, 0.15) is 11.9 Å². The molecule has 0 bridgehead atoms. The monoisotopic (exact) mass is 495 g/mol. The number of ether oxygens (including phenoxy) is 1. The van der Waals surface area contributed by atoms with Gasteiger partial charge < -0.3 is 15.4 Å². The second kappa shape index (κ2) is 11.7. The second-order valence-electron chi connectivity index (χ2n) is 8.07. The van der Waals surface area contributed by atoms with Crippen molar-refractivity contribution in [3.05, 3.63) is 88.4 Å². The van der Waals surface area contributed by atoms with E-state index in [0.717, 1.165) is 17.7 Å². The Kier molecular flexibility index (Phi) is 8.23. The zero-order valence-corrected chi connectivity index (χ0v) is 19.8. The maximum Gasteiger partial charge on any atom is 0.261 e. The fraction of sp³-hybridized carbons (Fsp3) is 0.269. The second-order valence-corrected chi connectivity index (χ2v) is 9.02. The number of para-hydroxylation sites is 1. The van der Waals surface area contributed by atoms with E-state index in [9.17, 15) is 18.8 Å². The van der Waals surface area contributed by atoms with Crippen molar-refractivity contribution in [2.24, 2.45) is 0 Å². The standard InChI is InChI=1S/C26H26FN3O4S/c27-20-11-4-5-12-21(20)30(23(31)17-29-25(32)22-13-7-15-35-22)24(18-8-2-1-3-9-18)26(33)28-16-19-10-6-14-34-19/h1-5,7-9,11-13,15,19,24H,6,10,14,16-17H2,(H,28,33)(H,29,32)/t19-,24+/m1/s1. The molecule has 7 nitrogen and oxygen atoms in total. The Morgan fingerprint density at radius 1 is 1.03 bits per heavy atom. The van der Waals surface area contributed by atoms with E-state index < -0.39 is 36.1 Å². The summed E-state index contributed by atoms with van der Waals surface area (Å²) in [7, 11) is 0. The van der Waals surface area contributed by atoms with Gasteiger partial charge >= 0.3 is 0 Å². The summed E-state index contributed by atoms with van der Waals surface area (Å²) in [6.07, 6.45) is 1.66. The molecule has 2 N–H and O–H groups in total. The van der Waals surface area contributed by atoms with E-state index in [0.29, 0.717) is 17.0 Å². The lowest BCUT2D eigenvalue weighted by molar-refractivity contribution is -0.126. The summed E-state index contributed by atoms with van der Waals surface area (Å²) in [5.74, 6) is -2.16. The van der Waals surface area contributed by atoms with Gasteiger partial charge in [0.15, 0.2) is 0 Å². The van der Waals surface area contributed by atoms with Crippen LogP contribution in [-0.4, -0.2) is 43.5 Å². The van der Waals surface area contributed by atoms with Crippen LogP contribution in [-0.2, 0) is 14.3 Å². The van der Waals surface area contributed by atoms with Crippen molar-refractivity contribution in [2.45, 2.75) is 25.0 Å². The number of nitrogens with one attached hydrogen (secondary N) is 2. The van der Waals surface area contributed by atoms with Gasteiger partial charge in [-0.05, 0) is 42.0 Å². The zero-order valence-electron chi connectivity index (χ0n) is 19.0. The molecule has 3 amide bonds. The van der Waals surface area contributed by atoms with Gasteiger partial charge in [0.2, 0.25) is 11.8 Å². The Morgan fingerprint density at radius 3 is 2.49 bits per heavy atom. The van der Waals surface area contributed by atoms with E-state index >= 15 is 0 Å². The molecule has 1 aliphatic rings. The number of rotatable bonds is 9. The first-order valence-electron chi connectivity index (χ1n) is 11.4. The van der Waals surface area contributed by atoms with Crippen molar-refractivity contribution in [3.63, 3.8) is 0 Å². The van der Waals surface area contributed by atoms with Crippen LogP contribution in [0.4, 0.5) is 10.1 Å². The minimum atomic E-state index is -1.15. The average molecular weight is 496 g/mol. The Bertz CT molecular complexity index is 1150. The van der Waals surface area contributed by atoms with E-state index in [1.807, 2.05) is 0 Å². The Morgan fingerprint density at radius 2 is 1.80 bits per heavy atom. The third-order valence-corrected chi connectivity index (χ3v) is 6.54. The van der Waals surface area contributed by atoms with Gasteiger partial charge in [-0.15, -0.1) is 11.3 Å². The van der Waals surface area contributed by atoms with Crippen LogP contribution in [0, 0.1) is 5.82 Å². The summed E-state index contributed by atoms with van der Waals surface area (Å²) >= 11 is 1.24. The number of anilines is 1. The molecule has 0 radical (unpaired) electrons. The van der Waals surface area contributed by atoms with Crippen LogP contribution in [0.2, 0.25) is 0 Å². The molecule has 3 aromatic rings. The molecule has 1 aliphatic heterocycles. The first-order chi connectivity index (χ1) is 17.0. The molecule has 35 heavy (non-hydrogen) atoms. The van der Waals surface area contributed by atoms with Crippen molar-refractivity contribution in [1.29, 1.82) is 0 Å². The van der Waals surface area contributed by atoms with Gasteiger partial charge in [0.25, 0.3) is 5.91 Å². The first-order valence-corrected chi connectivity index (χ1v) is 12.2. The number of nitrogens with zero attached hydrogens (tertiary/aromatic N) is 1. The van der Waals surface area contributed by atoms with Gasteiger partial charge in [-0.3, -0.25) is 19.3 Å². The topological polar surface area (TPSA) is 87.7 Å². The highest BCUT2D eigenvalue weighted by molar-refractivity contribution is 7.12. The number of halogens is 1. The van der Waals surface area contributed by atoms with Gasteiger partial charge in [0, 0.05) is 13.2 Å². The molecule has 4 rings (SSSR count). The highest BCUT2D eigenvalue weighted by Crippen LogP contribution is 2.30. The first kappa shape index (κ1) is 24.6. The molecule has 0 unspecified atom stereocenters. The molecule has 9 heteroatoms. The normalized spacial score (nSPS) is 15.9. The third-order valence-electron chi connectivity index (χ3n) is 5.68. The fourth-order valence-electron chi connectivity index (χ4n) is 3.97. The van der Waals surface area contributed by atoms with Gasteiger partial charge in [-0.1, -0.05) is 48.5 Å². The number of carbonyl (C=O) groups excluding carboxylic acids is 3. The molecule has 2 aromatic carbocycles. The van der Waals surface area contributed by atoms with E-state index in [1.54, 1.807) is 53.9 Å². The van der Waals surface area contributed by atoms with Crippen LogP contribution in [0.25, 0.3) is 0 Å². The minimum Gasteiger partial charge on any atom is -0.376 e. The van der Waals surface area contributed by atoms with E-state index in [-0.39, 0.29) is 18.3 Å². The molecule has 2 heterocycles. The Hall–Kier alpha value is -3.56. The molecule has 1 fully saturated rings. The molecule has 2 atom stereocenters. The largest absolute Gasteiger partial charge is 0.376 e. The number of carbonyl (C=O) groups is 3. The summed E-state index contributed by atoms with van der Waals surface area (Å²) in [5.41, 5.74) is 0.461. The van der Waals surface area contributed by atoms with E-state index in [2.05, 4.69) is 10.6 Å². The van der Waals surface area contributed by atoms with Crippen molar-refractivity contribution in [3.8, 4) is 0 Å². The van der Waals surface area contributed by atoms with Crippen molar-refractivity contribution in [1.82, 2.24) is 10.6 Å². The van der Waals surface area contributed by atoms with Crippen LogP contribution in [0.1, 0.15) is 34.1 Å². The summed E-state index contributed by atoms with van der Waals surface area (Å²) in [4.78, 5) is 41.0. The molecule has 0 spiro atoms. The summed E-state index contributed by atoms with van der Waals surface area (Å²) in [6, 6.07) is 16.7. The van der Waals surface area contributed by atoms with Crippen LogP contribution < -0.4 is 15.5 Å². The van der Waals surface area contributed by atoms with Crippen LogP contribution in [0.5, 0.6) is 0 Å². The quantitative estimate of drug-likeness (QED) is 0.474. The van der Waals surface area contributed by atoms with Crippen LogP contribution in [0.15, 0.2) is 72.1 Å². The zero-order chi connectivity index (χ0) is 24.6. The summed E-state index contributed by atoms with van der Waals surface area (Å²) in [6.45, 7) is 0.524. The van der Waals surface area contributed by atoms with Crippen molar-refractivity contribution < 1.29 is 23.5 Å². The maximum absolute atomic E-state index is 15.0. The SMILES string of the molecule is O=C(NCC(=O)N(c1ccccc1F)[C@H](C(=O)NC[C@H]1CCCO1)c1ccccc1)c1cccs1. The lowest BCUT2D eigenvalue weighted by atomic mass is 10.0.